The number of aryl methyl sites for hydroxylation is 2. The summed E-state index contributed by atoms with van der Waals surface area (Å²) in [6, 6.07) is 51.2. The number of hydrogen-bond donors (Lipinski definition) is 0. The molecule has 2 atom stereocenters. The van der Waals surface area contributed by atoms with E-state index in [0.717, 1.165) is 25.7 Å². The Hall–Kier alpha value is -6.00. The highest BCUT2D eigenvalue weighted by Gasteiger charge is 2.64. The van der Waals surface area contributed by atoms with Gasteiger partial charge in [0.2, 0.25) is 0 Å². The monoisotopic (exact) mass is 974 g/mol. The summed E-state index contributed by atoms with van der Waals surface area (Å²) in [5.41, 5.74) is 28.4. The fraction of sp³-hybridized carbons (Fsp3) is 0.400. The summed E-state index contributed by atoms with van der Waals surface area (Å²) in [6.07, 6.45) is 4.43. The highest BCUT2D eigenvalue weighted by atomic mass is 15.3. The van der Waals surface area contributed by atoms with Gasteiger partial charge in [-0.25, -0.2) is 0 Å². The van der Waals surface area contributed by atoms with E-state index in [0.29, 0.717) is 0 Å². The zero-order chi connectivity index (χ0) is 52.6. The molecule has 378 valence electrons. The van der Waals surface area contributed by atoms with Crippen molar-refractivity contribution in [3.05, 3.63) is 172 Å². The van der Waals surface area contributed by atoms with Crippen LogP contribution in [0.15, 0.2) is 127 Å². The molecule has 0 saturated heterocycles. The first-order chi connectivity index (χ1) is 34.6. The van der Waals surface area contributed by atoms with E-state index in [4.69, 9.17) is 0 Å². The molecule has 3 nitrogen and oxygen atoms in total. The summed E-state index contributed by atoms with van der Waals surface area (Å²) in [5, 5.41) is 0. The molecular weight excluding hydrogens is 894 g/mol. The zero-order valence-corrected chi connectivity index (χ0v) is 47.9. The van der Waals surface area contributed by atoms with Crippen molar-refractivity contribution in [2.75, 3.05) is 14.7 Å². The molecule has 1 saturated carbocycles. The summed E-state index contributed by atoms with van der Waals surface area (Å²) in [5.74, 6) is 0. The summed E-state index contributed by atoms with van der Waals surface area (Å²) >= 11 is 0. The van der Waals surface area contributed by atoms with Crippen LogP contribution >= 0.6 is 0 Å². The molecule has 0 amide bonds. The Bertz CT molecular complexity index is 3480. The van der Waals surface area contributed by atoms with Crippen molar-refractivity contribution in [3.63, 3.8) is 0 Å². The summed E-state index contributed by atoms with van der Waals surface area (Å²) in [4.78, 5) is 8.16. The minimum Gasteiger partial charge on any atom is -0.334 e. The molecular formula is C70H80BN3. The highest BCUT2D eigenvalue weighted by Crippen LogP contribution is 2.67. The average molecular weight is 974 g/mol. The summed E-state index contributed by atoms with van der Waals surface area (Å²) < 4.78 is 0. The number of nitrogens with zero attached hydrogens (tertiary/aromatic N) is 3. The van der Waals surface area contributed by atoms with E-state index in [9.17, 15) is 0 Å². The molecule has 74 heavy (non-hydrogen) atoms. The molecule has 5 aliphatic rings. The van der Waals surface area contributed by atoms with Crippen molar-refractivity contribution in [1.29, 1.82) is 0 Å². The van der Waals surface area contributed by atoms with Gasteiger partial charge in [0.1, 0.15) is 0 Å². The zero-order valence-electron chi connectivity index (χ0n) is 47.9. The number of rotatable bonds is 4. The summed E-state index contributed by atoms with van der Waals surface area (Å²) in [7, 11) is 0. The number of benzene rings is 7. The number of anilines is 8. The van der Waals surface area contributed by atoms with Gasteiger partial charge < -0.3 is 14.7 Å². The number of fused-ring (bicyclic) bond motifs is 8. The normalized spacial score (nSPS) is 21.0. The van der Waals surface area contributed by atoms with Crippen molar-refractivity contribution in [2.45, 2.75) is 171 Å². The predicted molar refractivity (Wildman–Crippen MR) is 320 cm³/mol. The van der Waals surface area contributed by atoms with Crippen LogP contribution in [0.5, 0.6) is 0 Å². The molecule has 3 aliphatic heterocycles. The van der Waals surface area contributed by atoms with E-state index in [1.807, 2.05) is 0 Å². The molecule has 4 heteroatoms. The smallest absolute Gasteiger partial charge is 0.252 e. The molecule has 0 radical (unpaired) electrons. The van der Waals surface area contributed by atoms with Crippen LogP contribution in [0.1, 0.15) is 161 Å². The van der Waals surface area contributed by atoms with Crippen LogP contribution in [0.25, 0.3) is 11.1 Å². The second-order valence-corrected chi connectivity index (χ2v) is 28.8. The lowest BCUT2D eigenvalue weighted by Gasteiger charge is -2.46. The highest BCUT2D eigenvalue weighted by molar-refractivity contribution is 7.00. The molecule has 12 rings (SSSR count). The van der Waals surface area contributed by atoms with E-state index in [-0.39, 0.29) is 44.7 Å². The lowest BCUT2D eigenvalue weighted by Crippen LogP contribution is -2.61. The molecule has 0 bridgehead atoms. The van der Waals surface area contributed by atoms with E-state index in [2.05, 4.69) is 260 Å². The first kappa shape index (κ1) is 48.9. The van der Waals surface area contributed by atoms with Gasteiger partial charge in [-0.2, -0.15) is 0 Å². The molecule has 7 aromatic rings. The summed E-state index contributed by atoms with van der Waals surface area (Å²) in [6.45, 7) is 40.9. The lowest BCUT2D eigenvalue weighted by molar-refractivity contribution is 0.330. The van der Waals surface area contributed by atoms with Crippen LogP contribution in [0.2, 0.25) is 0 Å². The fourth-order valence-corrected chi connectivity index (χ4v) is 15.1. The van der Waals surface area contributed by atoms with E-state index < -0.39 is 0 Å². The van der Waals surface area contributed by atoms with Crippen molar-refractivity contribution >= 4 is 68.6 Å². The Morgan fingerprint density at radius 2 is 1.01 bits per heavy atom. The Morgan fingerprint density at radius 1 is 0.459 bits per heavy atom. The van der Waals surface area contributed by atoms with Gasteiger partial charge in [-0.05, 0) is 195 Å². The van der Waals surface area contributed by atoms with Crippen LogP contribution < -0.4 is 31.1 Å². The quantitative estimate of drug-likeness (QED) is 0.163. The van der Waals surface area contributed by atoms with Crippen molar-refractivity contribution in [3.8, 4) is 11.1 Å². The Balaban J connectivity index is 1.16. The number of hydrogen-bond acceptors (Lipinski definition) is 3. The van der Waals surface area contributed by atoms with Gasteiger partial charge in [-0.3, -0.25) is 0 Å². The van der Waals surface area contributed by atoms with Gasteiger partial charge in [0.25, 0.3) is 6.71 Å². The molecule has 3 heterocycles. The SMILES string of the molecule is Cc1cc2c3c(c1)N(c1ccc(C(C)(C)C)cc1-c1ccccc1)c1cc4c(cc1B3c1ccc(N3c5ccc(C(C)(C)C)cc5C5(C)CC(C)(C)CC35C)cc1N2c1ccc(C(C)(C)C)cc1C)CC(C)(C)C4. The van der Waals surface area contributed by atoms with Gasteiger partial charge in [0.05, 0.1) is 11.2 Å². The van der Waals surface area contributed by atoms with Crippen molar-refractivity contribution < 1.29 is 0 Å². The largest absolute Gasteiger partial charge is 0.334 e. The molecule has 2 aliphatic carbocycles. The minimum atomic E-state index is -0.126. The van der Waals surface area contributed by atoms with Crippen LogP contribution in [0.3, 0.4) is 0 Å². The topological polar surface area (TPSA) is 9.72 Å². The molecule has 0 aromatic heterocycles. The third kappa shape index (κ3) is 7.33. The fourth-order valence-electron chi connectivity index (χ4n) is 15.1. The Labute approximate surface area is 445 Å². The Morgan fingerprint density at radius 3 is 1.64 bits per heavy atom. The van der Waals surface area contributed by atoms with Crippen molar-refractivity contribution in [1.82, 2.24) is 0 Å². The molecule has 2 unspecified atom stereocenters. The van der Waals surface area contributed by atoms with E-state index in [1.54, 1.807) is 0 Å². The molecule has 0 spiro atoms. The van der Waals surface area contributed by atoms with Crippen LogP contribution in [-0.2, 0) is 34.5 Å². The molecule has 0 N–H and O–H groups in total. The predicted octanol–water partition coefficient (Wildman–Crippen LogP) is 17.1. The van der Waals surface area contributed by atoms with Crippen LogP contribution in [0.4, 0.5) is 45.5 Å². The minimum absolute atomic E-state index is 0.0120. The first-order valence-corrected chi connectivity index (χ1v) is 27.9. The third-order valence-electron chi connectivity index (χ3n) is 18.6. The Kier molecular flexibility index (Phi) is 10.4. The lowest BCUT2D eigenvalue weighted by atomic mass is 9.33. The maximum absolute atomic E-state index is 2.80. The van der Waals surface area contributed by atoms with Gasteiger partial charge in [-0.15, -0.1) is 0 Å². The first-order valence-electron chi connectivity index (χ1n) is 27.9. The average Bonchev–Trinajstić information content (AvgIpc) is 3.79. The third-order valence-corrected chi connectivity index (χ3v) is 18.6. The van der Waals surface area contributed by atoms with Crippen LogP contribution in [0, 0.1) is 24.7 Å². The van der Waals surface area contributed by atoms with Gasteiger partial charge in [0, 0.05) is 50.8 Å². The second-order valence-electron chi connectivity index (χ2n) is 28.8. The van der Waals surface area contributed by atoms with E-state index >= 15 is 0 Å². The maximum Gasteiger partial charge on any atom is 0.252 e. The standard InChI is InChI=1S/C70H80BN3/c1-43-31-61-63-62(32-43)73(57-29-24-49(65(6,7)8)36-52(57)45-21-19-18-20-22-45)59-35-47-40-67(12,13)39-46(47)34-55(59)71(63)54-27-26-51(38-60(54)72(61)56-28-23-48(33-44(56)2)64(3,4)5)74-58-30-25-50(66(9,10)11)37-53(58)69(16)41-68(14,15)42-70(69,74)17/h18-38H,39-42H2,1-17H3. The second kappa shape index (κ2) is 15.8. The van der Waals surface area contributed by atoms with Gasteiger partial charge in [0.15, 0.2) is 0 Å². The van der Waals surface area contributed by atoms with Crippen molar-refractivity contribution in [2.24, 2.45) is 10.8 Å². The molecule has 1 fully saturated rings. The molecule has 7 aromatic carbocycles. The van der Waals surface area contributed by atoms with Gasteiger partial charge in [-0.1, -0.05) is 170 Å². The maximum atomic E-state index is 2.80. The van der Waals surface area contributed by atoms with E-state index in [1.165, 1.54) is 118 Å². The van der Waals surface area contributed by atoms with Gasteiger partial charge >= 0.3 is 0 Å². The van der Waals surface area contributed by atoms with Crippen LogP contribution in [-0.4, -0.2) is 12.3 Å².